The monoisotopic (exact) mass is 364 g/mol. The first-order valence-electron chi connectivity index (χ1n) is 9.10. The summed E-state index contributed by atoms with van der Waals surface area (Å²) in [6.45, 7) is 8.04. The molecule has 0 unspecified atom stereocenters. The van der Waals surface area contributed by atoms with E-state index >= 15 is 0 Å². The Kier molecular flexibility index (Phi) is 2.87. The molecule has 0 radical (unpaired) electrons. The molecule has 4 heteroatoms. The summed E-state index contributed by atoms with van der Waals surface area (Å²) in [6.07, 6.45) is 1.70. The molecule has 0 bridgehead atoms. The zero-order valence-electron chi connectivity index (χ0n) is 15.0. The first kappa shape index (κ1) is 15.2. The molecule has 0 saturated heterocycles. The maximum absolute atomic E-state index is 6.20. The van der Waals surface area contributed by atoms with Crippen LogP contribution in [0.25, 0.3) is 21.8 Å². The van der Waals surface area contributed by atoms with Crippen molar-refractivity contribution in [3.63, 3.8) is 0 Å². The maximum atomic E-state index is 6.20. The molecule has 2 aliphatic heterocycles. The second-order valence-electron chi connectivity index (χ2n) is 6.88. The topological polar surface area (TPSA) is 37.5 Å². The number of hydrogen-bond acceptors (Lipinski definition) is 3. The highest BCUT2D eigenvalue weighted by Gasteiger charge is 2.35. The number of ether oxygens (including phenoxy) is 2. The molecule has 28 heavy (non-hydrogen) atoms. The molecule has 6 rings (SSSR count). The lowest BCUT2D eigenvalue weighted by Gasteiger charge is -2.38. The van der Waals surface area contributed by atoms with E-state index in [4.69, 9.17) is 9.47 Å². The highest BCUT2D eigenvalue weighted by molar-refractivity contribution is 6.09. The lowest BCUT2D eigenvalue weighted by Crippen LogP contribution is -2.30. The van der Waals surface area contributed by atoms with Gasteiger partial charge in [-0.3, -0.25) is 4.90 Å². The van der Waals surface area contributed by atoms with Gasteiger partial charge in [0.05, 0.1) is 16.9 Å². The van der Waals surface area contributed by atoms with Gasteiger partial charge in [-0.05, 0) is 30.3 Å². The van der Waals surface area contributed by atoms with Crippen LogP contribution in [0.5, 0.6) is 11.5 Å². The predicted molar refractivity (Wildman–Crippen MR) is 112 cm³/mol. The van der Waals surface area contributed by atoms with Gasteiger partial charge in [0.25, 0.3) is 0 Å². The lowest BCUT2D eigenvalue weighted by atomic mass is 10.1. The molecule has 3 aromatic carbocycles. The quantitative estimate of drug-likeness (QED) is 0.440. The molecule has 0 atom stereocenters. The molecular weight excluding hydrogens is 348 g/mol. The van der Waals surface area contributed by atoms with Crippen LogP contribution >= 0.6 is 0 Å². The van der Waals surface area contributed by atoms with Crippen LogP contribution in [0, 0.1) is 0 Å². The van der Waals surface area contributed by atoms with Crippen molar-refractivity contribution >= 4 is 33.2 Å². The first-order valence-corrected chi connectivity index (χ1v) is 9.10. The zero-order valence-corrected chi connectivity index (χ0v) is 15.0. The second-order valence-corrected chi connectivity index (χ2v) is 6.88. The van der Waals surface area contributed by atoms with Gasteiger partial charge in [0.15, 0.2) is 17.3 Å². The van der Waals surface area contributed by atoms with Gasteiger partial charge >= 0.3 is 0 Å². The van der Waals surface area contributed by atoms with Crippen molar-refractivity contribution in [2.45, 2.75) is 0 Å². The summed E-state index contributed by atoms with van der Waals surface area (Å²) >= 11 is 0. The van der Waals surface area contributed by atoms with Crippen LogP contribution in [-0.4, -0.2) is 4.98 Å². The largest absolute Gasteiger partial charge is 0.453 e. The summed E-state index contributed by atoms with van der Waals surface area (Å²) in [6, 6.07) is 20.5. The normalized spacial score (nSPS) is 15.0. The molecule has 2 aliphatic rings. The molecule has 134 valence electrons. The number of aromatic nitrogens is 1. The Hall–Kier alpha value is -3.92. The van der Waals surface area contributed by atoms with E-state index in [2.05, 4.69) is 47.3 Å². The third-order valence-corrected chi connectivity index (χ3v) is 5.29. The summed E-state index contributed by atoms with van der Waals surface area (Å²) in [4.78, 5) is 5.63. The van der Waals surface area contributed by atoms with E-state index in [1.54, 1.807) is 6.08 Å². The van der Waals surface area contributed by atoms with Crippen LogP contribution in [0.3, 0.4) is 0 Å². The van der Waals surface area contributed by atoms with E-state index in [9.17, 15) is 0 Å². The number of anilines is 2. The Morgan fingerprint density at radius 1 is 0.821 bits per heavy atom. The van der Waals surface area contributed by atoms with Gasteiger partial charge in [-0.1, -0.05) is 43.5 Å². The SMILES string of the molecule is C=CC1=C2C(=C)Oc3ccccc3N2c2cc3c(cc2O1)[nH]c1ccccc13. The van der Waals surface area contributed by atoms with E-state index < -0.39 is 0 Å². The van der Waals surface area contributed by atoms with E-state index in [-0.39, 0.29) is 0 Å². The van der Waals surface area contributed by atoms with E-state index in [1.807, 2.05) is 36.4 Å². The number of H-pyrrole nitrogens is 1. The number of nitrogens with one attached hydrogen (secondary N) is 1. The summed E-state index contributed by atoms with van der Waals surface area (Å²) in [5.74, 6) is 2.70. The molecule has 0 spiro atoms. The van der Waals surface area contributed by atoms with Crippen molar-refractivity contribution < 1.29 is 9.47 Å². The number of rotatable bonds is 1. The van der Waals surface area contributed by atoms with E-state index in [0.29, 0.717) is 11.5 Å². The van der Waals surface area contributed by atoms with Crippen molar-refractivity contribution in [2.75, 3.05) is 4.90 Å². The Morgan fingerprint density at radius 3 is 2.54 bits per heavy atom. The van der Waals surface area contributed by atoms with Crippen molar-refractivity contribution in [2.24, 2.45) is 0 Å². The van der Waals surface area contributed by atoms with Crippen molar-refractivity contribution in [1.29, 1.82) is 0 Å². The minimum atomic E-state index is 0.540. The Bertz CT molecular complexity index is 1360. The van der Waals surface area contributed by atoms with Crippen molar-refractivity contribution in [1.82, 2.24) is 4.98 Å². The molecular formula is C24H16N2O2. The highest BCUT2D eigenvalue weighted by Crippen LogP contribution is 2.51. The van der Waals surface area contributed by atoms with Gasteiger partial charge < -0.3 is 14.5 Å². The van der Waals surface area contributed by atoms with Crippen LogP contribution < -0.4 is 14.4 Å². The molecule has 0 aliphatic carbocycles. The molecule has 0 saturated carbocycles. The number of para-hydroxylation sites is 3. The summed E-state index contributed by atoms with van der Waals surface area (Å²) in [5.41, 5.74) is 4.82. The highest BCUT2D eigenvalue weighted by atomic mass is 16.5. The van der Waals surface area contributed by atoms with Gasteiger partial charge in [0.2, 0.25) is 0 Å². The van der Waals surface area contributed by atoms with Crippen LogP contribution in [-0.2, 0) is 0 Å². The summed E-state index contributed by atoms with van der Waals surface area (Å²) < 4.78 is 12.2. The Morgan fingerprint density at radius 2 is 1.64 bits per heavy atom. The smallest absolute Gasteiger partial charge is 0.154 e. The molecule has 1 aromatic heterocycles. The second kappa shape index (κ2) is 5.30. The standard InChI is InChI=1S/C24H16N2O2/c1-3-21-24-14(2)27-22-11-7-6-10-19(22)26(24)20-12-16-15-8-4-5-9-17(15)25-18(16)13-23(20)28-21/h3-13,25H,1-2H2. The van der Waals surface area contributed by atoms with Gasteiger partial charge in [-0.25, -0.2) is 0 Å². The number of nitrogens with zero attached hydrogens (tertiary/aromatic N) is 1. The average Bonchev–Trinajstić information content (AvgIpc) is 3.08. The fraction of sp³-hybridized carbons (Fsp3) is 0. The van der Waals surface area contributed by atoms with E-state index in [1.165, 1.54) is 5.39 Å². The third kappa shape index (κ3) is 1.89. The molecule has 0 amide bonds. The molecule has 1 N–H and O–H groups in total. The van der Waals surface area contributed by atoms with Crippen molar-refractivity contribution in [3.05, 3.63) is 97.1 Å². The number of hydrogen-bond donors (Lipinski definition) is 1. The fourth-order valence-corrected chi connectivity index (χ4v) is 4.08. The Balaban J connectivity index is 1.71. The van der Waals surface area contributed by atoms with Gasteiger partial charge in [-0.15, -0.1) is 0 Å². The number of fused-ring (bicyclic) bond motifs is 8. The average molecular weight is 364 g/mol. The predicted octanol–water partition coefficient (Wildman–Crippen LogP) is 6.16. The van der Waals surface area contributed by atoms with E-state index in [0.717, 1.165) is 45.0 Å². The maximum Gasteiger partial charge on any atom is 0.154 e. The zero-order chi connectivity index (χ0) is 18.8. The minimum Gasteiger partial charge on any atom is -0.453 e. The van der Waals surface area contributed by atoms with Crippen LogP contribution in [0.4, 0.5) is 11.4 Å². The van der Waals surface area contributed by atoms with Crippen LogP contribution in [0.2, 0.25) is 0 Å². The van der Waals surface area contributed by atoms with Gasteiger partial charge in [0.1, 0.15) is 11.5 Å². The third-order valence-electron chi connectivity index (χ3n) is 5.29. The molecule has 3 heterocycles. The molecule has 4 nitrogen and oxygen atoms in total. The summed E-state index contributed by atoms with van der Waals surface area (Å²) in [7, 11) is 0. The molecule has 0 fully saturated rings. The lowest BCUT2D eigenvalue weighted by molar-refractivity contribution is 0.387. The van der Waals surface area contributed by atoms with Gasteiger partial charge in [0, 0.05) is 22.4 Å². The Labute approximate surface area is 161 Å². The number of aromatic amines is 1. The minimum absolute atomic E-state index is 0.540. The van der Waals surface area contributed by atoms with Crippen molar-refractivity contribution in [3.8, 4) is 11.5 Å². The van der Waals surface area contributed by atoms with Crippen LogP contribution in [0.15, 0.2) is 97.1 Å². The summed E-state index contributed by atoms with van der Waals surface area (Å²) in [5, 5.41) is 2.33. The molecule has 4 aromatic rings. The number of allylic oxidation sites excluding steroid dienone is 1. The first-order chi connectivity index (χ1) is 13.7. The van der Waals surface area contributed by atoms with Crippen LogP contribution in [0.1, 0.15) is 0 Å². The van der Waals surface area contributed by atoms with Gasteiger partial charge in [-0.2, -0.15) is 0 Å². The fourth-order valence-electron chi connectivity index (χ4n) is 4.08. The number of benzene rings is 3.